The summed E-state index contributed by atoms with van der Waals surface area (Å²) in [6, 6.07) is 13.1. The summed E-state index contributed by atoms with van der Waals surface area (Å²) in [7, 11) is 0. The first-order valence-electron chi connectivity index (χ1n) is 5.99. The van der Waals surface area contributed by atoms with Crippen molar-refractivity contribution in [2.45, 2.75) is 13.8 Å². The highest BCUT2D eigenvalue weighted by molar-refractivity contribution is 6.00. The molecule has 0 saturated heterocycles. The number of hydrazone groups is 1. The van der Waals surface area contributed by atoms with Crippen LogP contribution < -0.4 is 5.43 Å². The number of carbonyl (C=O) groups excluding carboxylic acids is 1. The zero-order chi connectivity index (χ0) is 13.7. The number of nitrogens with one attached hydrogen (secondary N) is 1. The Morgan fingerprint density at radius 2 is 1.89 bits per heavy atom. The Balaban J connectivity index is 2.08. The van der Waals surface area contributed by atoms with Crippen molar-refractivity contribution in [1.29, 1.82) is 0 Å². The minimum absolute atomic E-state index is 0.235. The van der Waals surface area contributed by atoms with Gasteiger partial charge >= 0.3 is 0 Å². The van der Waals surface area contributed by atoms with Gasteiger partial charge in [0.15, 0.2) is 0 Å². The number of hydrogen-bond acceptors (Lipinski definition) is 3. The second-order valence-corrected chi connectivity index (χ2v) is 4.19. The molecule has 1 aromatic carbocycles. The zero-order valence-corrected chi connectivity index (χ0v) is 10.9. The molecular weight excluding hydrogens is 238 g/mol. The highest BCUT2D eigenvalue weighted by Gasteiger charge is 2.05. The van der Waals surface area contributed by atoms with Crippen LogP contribution in [0, 0.1) is 6.92 Å². The average Bonchev–Trinajstić information content (AvgIpc) is 2.45. The van der Waals surface area contributed by atoms with E-state index < -0.39 is 0 Å². The lowest BCUT2D eigenvalue weighted by Gasteiger charge is -2.03. The van der Waals surface area contributed by atoms with Gasteiger partial charge in [-0.15, -0.1) is 0 Å². The Bertz CT molecular complexity index is 606. The number of amides is 1. The SMILES string of the molecule is C/C(=N\NC(=O)c1ccnc(C)c1)c1ccccc1. The predicted molar refractivity (Wildman–Crippen MR) is 75.1 cm³/mol. The van der Waals surface area contributed by atoms with Gasteiger partial charge in [-0.1, -0.05) is 30.3 Å². The molecule has 0 saturated carbocycles. The van der Waals surface area contributed by atoms with Crippen LogP contribution in [-0.2, 0) is 0 Å². The predicted octanol–water partition coefficient (Wildman–Crippen LogP) is 2.54. The van der Waals surface area contributed by atoms with Crippen LogP contribution in [0.4, 0.5) is 0 Å². The lowest BCUT2D eigenvalue weighted by atomic mass is 10.1. The molecule has 0 fully saturated rings. The lowest BCUT2D eigenvalue weighted by molar-refractivity contribution is 0.0954. The highest BCUT2D eigenvalue weighted by Crippen LogP contribution is 2.02. The number of rotatable bonds is 3. The number of benzene rings is 1. The Labute approximate surface area is 112 Å². The fourth-order valence-electron chi connectivity index (χ4n) is 1.63. The average molecular weight is 253 g/mol. The molecule has 2 rings (SSSR count). The molecule has 4 nitrogen and oxygen atoms in total. The summed E-state index contributed by atoms with van der Waals surface area (Å²) >= 11 is 0. The number of aryl methyl sites for hydroxylation is 1. The van der Waals surface area contributed by atoms with Crippen LogP contribution in [0.15, 0.2) is 53.8 Å². The minimum Gasteiger partial charge on any atom is -0.267 e. The van der Waals surface area contributed by atoms with Crippen molar-refractivity contribution in [1.82, 2.24) is 10.4 Å². The number of nitrogens with zero attached hydrogens (tertiary/aromatic N) is 2. The fourth-order valence-corrected chi connectivity index (χ4v) is 1.63. The first kappa shape index (κ1) is 13.0. The third-order valence-electron chi connectivity index (χ3n) is 2.68. The monoisotopic (exact) mass is 253 g/mol. The smallest absolute Gasteiger partial charge is 0.267 e. The normalized spacial score (nSPS) is 11.2. The van der Waals surface area contributed by atoms with Crippen molar-refractivity contribution in [2.75, 3.05) is 0 Å². The standard InChI is InChI=1S/C15H15N3O/c1-11-10-14(8-9-16-11)15(19)18-17-12(2)13-6-4-3-5-7-13/h3-10H,1-2H3,(H,18,19)/b17-12+. The molecule has 19 heavy (non-hydrogen) atoms. The van der Waals surface area contributed by atoms with E-state index in [1.807, 2.05) is 44.2 Å². The van der Waals surface area contributed by atoms with E-state index in [0.29, 0.717) is 5.56 Å². The Morgan fingerprint density at radius 3 is 2.58 bits per heavy atom. The summed E-state index contributed by atoms with van der Waals surface area (Å²) in [5.41, 5.74) is 5.64. The van der Waals surface area contributed by atoms with E-state index in [2.05, 4.69) is 15.5 Å². The van der Waals surface area contributed by atoms with E-state index in [1.165, 1.54) is 0 Å². The van der Waals surface area contributed by atoms with Gasteiger partial charge < -0.3 is 0 Å². The van der Waals surface area contributed by atoms with Gasteiger partial charge in [-0.3, -0.25) is 9.78 Å². The summed E-state index contributed by atoms with van der Waals surface area (Å²) in [5, 5.41) is 4.10. The number of carbonyl (C=O) groups is 1. The Hall–Kier alpha value is -2.49. The lowest BCUT2D eigenvalue weighted by Crippen LogP contribution is -2.19. The molecule has 96 valence electrons. The van der Waals surface area contributed by atoms with E-state index in [0.717, 1.165) is 17.0 Å². The Morgan fingerprint density at radius 1 is 1.16 bits per heavy atom. The molecule has 4 heteroatoms. The van der Waals surface area contributed by atoms with E-state index in [4.69, 9.17) is 0 Å². The van der Waals surface area contributed by atoms with Crippen LogP contribution in [0.2, 0.25) is 0 Å². The van der Waals surface area contributed by atoms with Gasteiger partial charge in [-0.25, -0.2) is 5.43 Å². The fraction of sp³-hybridized carbons (Fsp3) is 0.133. The van der Waals surface area contributed by atoms with Crippen molar-refractivity contribution in [3.8, 4) is 0 Å². The highest BCUT2D eigenvalue weighted by atomic mass is 16.2. The van der Waals surface area contributed by atoms with Crippen LogP contribution in [-0.4, -0.2) is 16.6 Å². The molecule has 1 aromatic heterocycles. The topological polar surface area (TPSA) is 54.4 Å². The van der Waals surface area contributed by atoms with Gasteiger partial charge in [0.05, 0.1) is 5.71 Å². The van der Waals surface area contributed by atoms with Gasteiger partial charge in [-0.05, 0) is 31.5 Å². The second kappa shape index (κ2) is 5.91. The van der Waals surface area contributed by atoms with Gasteiger partial charge in [-0.2, -0.15) is 5.10 Å². The van der Waals surface area contributed by atoms with Crippen LogP contribution in [0.1, 0.15) is 28.5 Å². The molecule has 0 aliphatic heterocycles. The Kier molecular flexibility index (Phi) is 4.03. The van der Waals surface area contributed by atoms with Crippen molar-refractivity contribution < 1.29 is 4.79 Å². The molecule has 0 bridgehead atoms. The number of aromatic nitrogens is 1. The zero-order valence-electron chi connectivity index (χ0n) is 10.9. The molecule has 1 amide bonds. The molecular formula is C15H15N3O. The molecule has 0 atom stereocenters. The first-order valence-corrected chi connectivity index (χ1v) is 5.99. The van der Waals surface area contributed by atoms with Gasteiger partial charge in [0.1, 0.15) is 0 Å². The molecule has 1 heterocycles. The number of hydrogen-bond donors (Lipinski definition) is 1. The number of pyridine rings is 1. The first-order chi connectivity index (χ1) is 9.16. The van der Waals surface area contributed by atoms with Crippen molar-refractivity contribution in [3.63, 3.8) is 0 Å². The second-order valence-electron chi connectivity index (χ2n) is 4.19. The minimum atomic E-state index is -0.235. The molecule has 0 spiro atoms. The third kappa shape index (κ3) is 3.48. The van der Waals surface area contributed by atoms with Gasteiger partial charge in [0, 0.05) is 17.5 Å². The summed E-state index contributed by atoms with van der Waals surface area (Å²) in [5.74, 6) is -0.235. The van der Waals surface area contributed by atoms with Crippen LogP contribution >= 0.6 is 0 Å². The summed E-state index contributed by atoms with van der Waals surface area (Å²) < 4.78 is 0. The van der Waals surface area contributed by atoms with E-state index >= 15 is 0 Å². The van der Waals surface area contributed by atoms with Gasteiger partial charge in [0.25, 0.3) is 5.91 Å². The molecule has 1 N–H and O–H groups in total. The van der Waals surface area contributed by atoms with Crippen LogP contribution in [0.3, 0.4) is 0 Å². The molecule has 0 unspecified atom stereocenters. The van der Waals surface area contributed by atoms with E-state index in [1.54, 1.807) is 18.3 Å². The van der Waals surface area contributed by atoms with Crippen molar-refractivity contribution >= 4 is 11.6 Å². The maximum atomic E-state index is 11.9. The summed E-state index contributed by atoms with van der Waals surface area (Å²) in [6.07, 6.45) is 1.61. The molecule has 0 aliphatic rings. The van der Waals surface area contributed by atoms with Crippen LogP contribution in [0.5, 0.6) is 0 Å². The molecule has 2 aromatic rings. The largest absolute Gasteiger partial charge is 0.271 e. The quantitative estimate of drug-likeness (QED) is 0.675. The summed E-state index contributed by atoms with van der Waals surface area (Å²) in [6.45, 7) is 3.70. The van der Waals surface area contributed by atoms with Gasteiger partial charge in [0.2, 0.25) is 0 Å². The maximum Gasteiger partial charge on any atom is 0.271 e. The van der Waals surface area contributed by atoms with E-state index in [9.17, 15) is 4.79 Å². The van der Waals surface area contributed by atoms with Crippen molar-refractivity contribution in [3.05, 3.63) is 65.5 Å². The van der Waals surface area contributed by atoms with Crippen LogP contribution in [0.25, 0.3) is 0 Å². The van der Waals surface area contributed by atoms with E-state index in [-0.39, 0.29) is 5.91 Å². The molecule has 0 radical (unpaired) electrons. The third-order valence-corrected chi connectivity index (χ3v) is 2.68. The van der Waals surface area contributed by atoms with Crippen molar-refractivity contribution in [2.24, 2.45) is 5.10 Å². The summed E-state index contributed by atoms with van der Waals surface area (Å²) in [4.78, 5) is 15.9. The molecule has 0 aliphatic carbocycles. The maximum absolute atomic E-state index is 11.9.